The van der Waals surface area contributed by atoms with E-state index in [-0.39, 0.29) is 22.3 Å². The quantitative estimate of drug-likeness (QED) is 0.123. The third-order valence-electron chi connectivity index (χ3n) is 9.46. The van der Waals surface area contributed by atoms with Crippen LogP contribution in [0.4, 0.5) is 17.6 Å². The number of Topliss-reactive ketones (excluding diaryl/α,β-unsaturated/α-hetero) is 4. The highest BCUT2D eigenvalue weighted by atomic mass is 32.1. The van der Waals surface area contributed by atoms with Crippen LogP contribution in [0.3, 0.4) is 0 Å². The van der Waals surface area contributed by atoms with Gasteiger partial charge in [0.1, 0.15) is 23.3 Å². The van der Waals surface area contributed by atoms with E-state index in [1.807, 2.05) is 26.0 Å². The van der Waals surface area contributed by atoms with Gasteiger partial charge in [-0.15, -0.1) is 22.7 Å². The molecule has 0 unspecified atom stereocenters. The molecule has 228 valence electrons. The van der Waals surface area contributed by atoms with Crippen molar-refractivity contribution >= 4 is 69.1 Å². The lowest BCUT2D eigenvalue weighted by atomic mass is 9.73. The molecule has 2 aromatic carbocycles. The van der Waals surface area contributed by atoms with Gasteiger partial charge in [0, 0.05) is 64.7 Å². The first-order valence-electron chi connectivity index (χ1n) is 14.3. The number of halogens is 4. The van der Waals surface area contributed by atoms with Crippen LogP contribution < -0.4 is 0 Å². The van der Waals surface area contributed by atoms with E-state index in [0.29, 0.717) is 17.0 Å². The number of allylic oxidation sites excluding steroid dienone is 4. The van der Waals surface area contributed by atoms with Gasteiger partial charge >= 0.3 is 0 Å². The van der Waals surface area contributed by atoms with Crippen molar-refractivity contribution in [3.8, 4) is 9.75 Å². The number of fused-ring (bicyclic) bond motifs is 7. The predicted octanol–water partition coefficient (Wildman–Crippen LogP) is 8.50. The second kappa shape index (κ2) is 9.04. The molecule has 0 saturated heterocycles. The van der Waals surface area contributed by atoms with Crippen LogP contribution >= 0.6 is 22.7 Å². The molecule has 46 heavy (non-hydrogen) atoms. The molecular formula is C36H20F4O4S2. The SMILES string of the molecule is CC1(C)C(/C=C2\C(=O)C(=O)c3c(F)cc(F)cc32)=Cc2sc3c(c21)C(C)(C)c1cc(/C=C2\C(=O)C(=O)c4c(F)cc(F)cc42)sc1-3. The van der Waals surface area contributed by atoms with E-state index in [9.17, 15) is 36.7 Å². The van der Waals surface area contributed by atoms with E-state index in [0.717, 1.165) is 49.0 Å². The highest BCUT2D eigenvalue weighted by Crippen LogP contribution is 2.62. The summed E-state index contributed by atoms with van der Waals surface area (Å²) in [5.74, 6) is -7.64. The Kier molecular flexibility index (Phi) is 5.68. The fourth-order valence-corrected chi connectivity index (χ4v) is 10.2. The number of ketones is 4. The van der Waals surface area contributed by atoms with Crippen molar-refractivity contribution < 1.29 is 36.7 Å². The minimum absolute atomic E-state index is 0.0400. The van der Waals surface area contributed by atoms with E-state index >= 15 is 0 Å². The molecule has 4 aliphatic carbocycles. The van der Waals surface area contributed by atoms with Crippen LogP contribution in [0.25, 0.3) is 33.1 Å². The number of carbonyl (C=O) groups is 4. The normalized spacial score (nSPS) is 20.0. The fourth-order valence-electron chi connectivity index (χ4n) is 7.20. The zero-order valence-electron chi connectivity index (χ0n) is 24.6. The molecule has 0 atom stereocenters. The van der Waals surface area contributed by atoms with Crippen molar-refractivity contribution in [1.29, 1.82) is 0 Å². The molecule has 10 heteroatoms. The molecule has 2 aromatic heterocycles. The van der Waals surface area contributed by atoms with Gasteiger partial charge in [-0.05, 0) is 58.7 Å². The zero-order valence-corrected chi connectivity index (χ0v) is 26.2. The summed E-state index contributed by atoms with van der Waals surface area (Å²) in [6.45, 7) is 8.15. The van der Waals surface area contributed by atoms with E-state index < -0.39 is 68.4 Å². The molecule has 0 fully saturated rings. The van der Waals surface area contributed by atoms with Crippen LogP contribution in [-0.4, -0.2) is 23.1 Å². The maximum Gasteiger partial charge on any atom is 0.237 e. The van der Waals surface area contributed by atoms with Crippen molar-refractivity contribution in [1.82, 2.24) is 0 Å². The molecule has 0 aliphatic heterocycles. The number of hydrogen-bond donors (Lipinski definition) is 0. The van der Waals surface area contributed by atoms with Crippen LogP contribution in [0.5, 0.6) is 0 Å². The lowest BCUT2D eigenvalue weighted by Crippen LogP contribution is -2.24. The Morgan fingerprint density at radius 2 is 1.15 bits per heavy atom. The van der Waals surface area contributed by atoms with Gasteiger partial charge in [-0.3, -0.25) is 19.2 Å². The molecule has 8 rings (SSSR count). The molecule has 0 spiro atoms. The number of rotatable bonds is 2. The number of thiophene rings is 2. The van der Waals surface area contributed by atoms with Crippen LogP contribution in [0.1, 0.15) is 86.0 Å². The van der Waals surface area contributed by atoms with E-state index in [1.54, 1.807) is 17.4 Å². The zero-order chi connectivity index (χ0) is 32.8. The molecule has 0 N–H and O–H groups in total. The van der Waals surface area contributed by atoms with Gasteiger partial charge in [0.2, 0.25) is 23.1 Å². The van der Waals surface area contributed by atoms with Gasteiger partial charge in [0.15, 0.2) is 0 Å². The Balaban J connectivity index is 1.22. The smallest absolute Gasteiger partial charge is 0.237 e. The summed E-state index contributed by atoms with van der Waals surface area (Å²) in [5.41, 5.74) is 1.71. The van der Waals surface area contributed by atoms with Crippen molar-refractivity contribution in [3.05, 3.63) is 114 Å². The third kappa shape index (κ3) is 3.59. The molecule has 0 saturated carbocycles. The Morgan fingerprint density at radius 3 is 1.72 bits per heavy atom. The topological polar surface area (TPSA) is 68.3 Å². The molecule has 0 radical (unpaired) electrons. The first-order valence-corrected chi connectivity index (χ1v) is 15.9. The van der Waals surface area contributed by atoms with Crippen LogP contribution in [0.15, 0.2) is 42.0 Å². The summed E-state index contributed by atoms with van der Waals surface area (Å²) in [6, 6.07) is 5.13. The average molecular weight is 657 g/mol. The summed E-state index contributed by atoms with van der Waals surface area (Å²) in [4.78, 5) is 54.5. The van der Waals surface area contributed by atoms with Gasteiger partial charge < -0.3 is 0 Å². The number of carbonyl (C=O) groups excluding carboxylic acids is 4. The lowest BCUT2D eigenvalue weighted by molar-refractivity contribution is -0.110. The summed E-state index contributed by atoms with van der Waals surface area (Å²) in [5, 5.41) is 0. The Hall–Kier alpha value is -4.54. The summed E-state index contributed by atoms with van der Waals surface area (Å²) in [6.07, 6.45) is 5.02. The standard InChI is InChI=1S/C36H20F4O4S2/c1-35(2)13(5-19-17-7-14(37)9-22(39)25(17)31(43)29(19)41)6-24-27(35)28-34(46-24)33-21(36(28,3)4)12-16(45-33)11-20-18-8-15(38)10-23(40)26(18)32(44)30(20)42/h5-12H,1-4H3/b19-5-,20-11-. The Labute approximate surface area is 267 Å². The average Bonchev–Trinajstić information content (AvgIpc) is 3.75. The van der Waals surface area contributed by atoms with Crippen molar-refractivity contribution in [2.75, 3.05) is 0 Å². The monoisotopic (exact) mass is 656 g/mol. The van der Waals surface area contributed by atoms with E-state index in [2.05, 4.69) is 13.8 Å². The minimum atomic E-state index is -1.07. The van der Waals surface area contributed by atoms with Crippen molar-refractivity contribution in [2.24, 2.45) is 0 Å². The largest absolute Gasteiger partial charge is 0.285 e. The first kappa shape index (κ1) is 28.9. The second-order valence-electron chi connectivity index (χ2n) is 12.8. The maximum atomic E-state index is 14.5. The van der Waals surface area contributed by atoms with Gasteiger partial charge in [-0.1, -0.05) is 27.7 Å². The Bertz CT molecular complexity index is 2330. The maximum absolute atomic E-state index is 14.5. The highest BCUT2D eigenvalue weighted by molar-refractivity contribution is 7.23. The van der Waals surface area contributed by atoms with Crippen molar-refractivity contribution in [3.63, 3.8) is 0 Å². The van der Waals surface area contributed by atoms with Crippen molar-refractivity contribution in [2.45, 2.75) is 38.5 Å². The third-order valence-corrected chi connectivity index (χ3v) is 11.8. The first-order chi connectivity index (χ1) is 21.6. The second-order valence-corrected chi connectivity index (χ2v) is 15.0. The molecule has 4 nitrogen and oxygen atoms in total. The lowest BCUT2D eigenvalue weighted by Gasteiger charge is -2.29. The summed E-state index contributed by atoms with van der Waals surface area (Å²) in [7, 11) is 0. The Morgan fingerprint density at radius 1 is 0.609 bits per heavy atom. The van der Waals surface area contributed by atoms with Gasteiger partial charge in [0.25, 0.3) is 0 Å². The minimum Gasteiger partial charge on any atom is -0.285 e. The summed E-state index contributed by atoms with van der Waals surface area (Å²) >= 11 is 2.97. The predicted molar refractivity (Wildman–Crippen MR) is 168 cm³/mol. The molecule has 0 bridgehead atoms. The molecule has 2 heterocycles. The van der Waals surface area contributed by atoms with Gasteiger partial charge in [-0.25, -0.2) is 17.6 Å². The number of hydrogen-bond acceptors (Lipinski definition) is 6. The summed E-state index contributed by atoms with van der Waals surface area (Å²) < 4.78 is 57.0. The number of benzene rings is 2. The van der Waals surface area contributed by atoms with Crippen LogP contribution in [0, 0.1) is 23.3 Å². The van der Waals surface area contributed by atoms with E-state index in [1.165, 1.54) is 17.4 Å². The highest BCUT2D eigenvalue weighted by Gasteiger charge is 2.48. The fraction of sp³-hybridized carbons (Fsp3) is 0.167. The molecular weight excluding hydrogens is 637 g/mol. The van der Waals surface area contributed by atoms with Gasteiger partial charge in [-0.2, -0.15) is 0 Å². The van der Waals surface area contributed by atoms with Gasteiger partial charge in [0.05, 0.1) is 11.1 Å². The van der Waals surface area contributed by atoms with Crippen LogP contribution in [-0.2, 0) is 20.4 Å². The molecule has 4 aromatic rings. The molecule has 0 amide bonds. The van der Waals surface area contributed by atoms with E-state index in [4.69, 9.17) is 0 Å². The van der Waals surface area contributed by atoms with Crippen LogP contribution in [0.2, 0.25) is 0 Å². The molecule has 4 aliphatic rings.